The standard InChI is InChI=1S/C18H28N2O/c1-21-14-17-9-11-20(13-17)12-16-4-2-15(3-5-16)8-10-19-18-6-7-18/h2-5,17-19H,6-14H2,1H3. The molecule has 1 saturated heterocycles. The summed E-state index contributed by atoms with van der Waals surface area (Å²) in [6, 6.07) is 10.0. The van der Waals surface area contributed by atoms with E-state index in [4.69, 9.17) is 4.74 Å². The quantitative estimate of drug-likeness (QED) is 0.795. The number of nitrogens with one attached hydrogen (secondary N) is 1. The molecule has 0 radical (unpaired) electrons. The maximum Gasteiger partial charge on any atom is 0.0503 e. The zero-order valence-electron chi connectivity index (χ0n) is 13.2. The first kappa shape index (κ1) is 15.0. The van der Waals surface area contributed by atoms with E-state index in [1.54, 1.807) is 7.11 Å². The molecule has 2 aliphatic rings. The minimum Gasteiger partial charge on any atom is -0.384 e. The van der Waals surface area contributed by atoms with Crippen LogP contribution in [0.3, 0.4) is 0 Å². The SMILES string of the molecule is COCC1CCN(Cc2ccc(CCNC3CC3)cc2)C1. The van der Waals surface area contributed by atoms with Crippen LogP contribution in [0.1, 0.15) is 30.4 Å². The molecule has 1 aliphatic carbocycles. The number of ether oxygens (including phenoxy) is 1. The highest BCUT2D eigenvalue weighted by atomic mass is 16.5. The number of hydrogen-bond donors (Lipinski definition) is 1. The van der Waals surface area contributed by atoms with Gasteiger partial charge in [0.1, 0.15) is 0 Å². The molecule has 21 heavy (non-hydrogen) atoms. The number of nitrogens with zero attached hydrogens (tertiary/aromatic N) is 1. The summed E-state index contributed by atoms with van der Waals surface area (Å²) in [7, 11) is 1.81. The molecule has 0 bridgehead atoms. The fourth-order valence-electron chi connectivity index (χ4n) is 3.21. The molecule has 0 amide bonds. The summed E-state index contributed by atoms with van der Waals surface area (Å²) in [5.74, 6) is 0.725. The van der Waals surface area contributed by atoms with Crippen LogP contribution in [0.25, 0.3) is 0 Å². The Kier molecular flexibility index (Phi) is 5.28. The second kappa shape index (κ2) is 7.39. The van der Waals surface area contributed by atoms with Crippen LogP contribution >= 0.6 is 0 Å². The summed E-state index contributed by atoms with van der Waals surface area (Å²) in [5, 5.41) is 3.58. The van der Waals surface area contributed by atoms with E-state index < -0.39 is 0 Å². The van der Waals surface area contributed by atoms with Gasteiger partial charge in [-0.2, -0.15) is 0 Å². The van der Waals surface area contributed by atoms with Crippen molar-refractivity contribution in [3.05, 3.63) is 35.4 Å². The highest BCUT2D eigenvalue weighted by Crippen LogP contribution is 2.20. The summed E-state index contributed by atoms with van der Waals surface area (Å²) in [4.78, 5) is 2.55. The first-order valence-corrected chi connectivity index (χ1v) is 8.36. The molecule has 1 unspecified atom stereocenters. The van der Waals surface area contributed by atoms with E-state index in [2.05, 4.69) is 34.5 Å². The molecule has 1 aromatic carbocycles. The third-order valence-electron chi connectivity index (χ3n) is 4.63. The average molecular weight is 288 g/mol. The van der Waals surface area contributed by atoms with Crippen LogP contribution in [0.15, 0.2) is 24.3 Å². The monoisotopic (exact) mass is 288 g/mol. The molecular weight excluding hydrogens is 260 g/mol. The zero-order valence-corrected chi connectivity index (χ0v) is 13.2. The molecule has 3 rings (SSSR count). The van der Waals surface area contributed by atoms with Gasteiger partial charge in [0.25, 0.3) is 0 Å². The first-order chi connectivity index (χ1) is 10.3. The van der Waals surface area contributed by atoms with Crippen molar-refractivity contribution >= 4 is 0 Å². The predicted molar refractivity (Wildman–Crippen MR) is 86.4 cm³/mol. The van der Waals surface area contributed by atoms with E-state index >= 15 is 0 Å². The molecule has 1 atom stereocenters. The third-order valence-corrected chi connectivity index (χ3v) is 4.63. The number of likely N-dealkylation sites (tertiary alicyclic amines) is 1. The Hall–Kier alpha value is -0.900. The van der Waals surface area contributed by atoms with Crippen molar-refractivity contribution in [2.24, 2.45) is 5.92 Å². The summed E-state index contributed by atoms with van der Waals surface area (Å²) in [5.41, 5.74) is 2.89. The highest BCUT2D eigenvalue weighted by molar-refractivity contribution is 5.23. The van der Waals surface area contributed by atoms with Gasteiger partial charge in [0.2, 0.25) is 0 Å². The first-order valence-electron chi connectivity index (χ1n) is 8.36. The van der Waals surface area contributed by atoms with E-state index in [0.717, 1.165) is 38.1 Å². The lowest BCUT2D eigenvalue weighted by Gasteiger charge is -2.16. The Morgan fingerprint density at radius 1 is 1.14 bits per heavy atom. The lowest BCUT2D eigenvalue weighted by atomic mass is 10.1. The zero-order chi connectivity index (χ0) is 14.5. The summed E-state index contributed by atoms with van der Waals surface area (Å²) < 4.78 is 5.27. The van der Waals surface area contributed by atoms with Crippen molar-refractivity contribution in [1.82, 2.24) is 10.2 Å². The predicted octanol–water partition coefficient (Wildman–Crippen LogP) is 2.45. The highest BCUT2D eigenvalue weighted by Gasteiger charge is 2.22. The third kappa shape index (κ3) is 4.80. The minimum absolute atomic E-state index is 0.725. The Balaban J connectivity index is 1.41. The van der Waals surface area contributed by atoms with Crippen molar-refractivity contribution in [1.29, 1.82) is 0 Å². The van der Waals surface area contributed by atoms with Gasteiger partial charge >= 0.3 is 0 Å². The van der Waals surface area contributed by atoms with E-state index in [-0.39, 0.29) is 0 Å². The van der Waals surface area contributed by atoms with Gasteiger partial charge in [-0.3, -0.25) is 4.90 Å². The van der Waals surface area contributed by atoms with E-state index in [1.807, 2.05) is 0 Å². The summed E-state index contributed by atoms with van der Waals surface area (Å²) in [6.45, 7) is 5.50. The van der Waals surface area contributed by atoms with Crippen molar-refractivity contribution in [3.8, 4) is 0 Å². The smallest absolute Gasteiger partial charge is 0.0503 e. The lowest BCUT2D eigenvalue weighted by Crippen LogP contribution is -2.21. The van der Waals surface area contributed by atoms with Crippen LogP contribution in [-0.4, -0.2) is 44.3 Å². The topological polar surface area (TPSA) is 24.5 Å². The van der Waals surface area contributed by atoms with Gasteiger partial charge in [-0.25, -0.2) is 0 Å². The number of methoxy groups -OCH3 is 1. The lowest BCUT2D eigenvalue weighted by molar-refractivity contribution is 0.152. The van der Waals surface area contributed by atoms with Crippen molar-refractivity contribution in [2.45, 2.75) is 38.3 Å². The van der Waals surface area contributed by atoms with Gasteiger partial charge in [0.05, 0.1) is 6.61 Å². The van der Waals surface area contributed by atoms with Crippen LogP contribution in [0, 0.1) is 5.92 Å². The largest absolute Gasteiger partial charge is 0.384 e. The Morgan fingerprint density at radius 2 is 1.90 bits per heavy atom. The molecule has 1 saturated carbocycles. The molecule has 1 heterocycles. The molecule has 2 fully saturated rings. The van der Waals surface area contributed by atoms with Crippen molar-refractivity contribution in [3.63, 3.8) is 0 Å². The van der Waals surface area contributed by atoms with Gasteiger partial charge in [0.15, 0.2) is 0 Å². The number of benzene rings is 1. The second-order valence-electron chi connectivity index (χ2n) is 6.64. The molecule has 3 nitrogen and oxygen atoms in total. The van der Waals surface area contributed by atoms with Crippen LogP contribution in [0.2, 0.25) is 0 Å². The van der Waals surface area contributed by atoms with Crippen LogP contribution in [0.4, 0.5) is 0 Å². The van der Waals surface area contributed by atoms with Gasteiger partial charge < -0.3 is 10.1 Å². The number of rotatable bonds is 8. The fourth-order valence-corrected chi connectivity index (χ4v) is 3.21. The molecule has 0 aromatic heterocycles. The normalized spacial score (nSPS) is 22.8. The maximum atomic E-state index is 5.27. The van der Waals surface area contributed by atoms with Crippen LogP contribution in [0.5, 0.6) is 0 Å². The molecule has 1 N–H and O–H groups in total. The summed E-state index contributed by atoms with van der Waals surface area (Å²) >= 11 is 0. The van der Waals surface area contributed by atoms with Gasteiger partial charge in [-0.05, 0) is 55.8 Å². The number of hydrogen-bond acceptors (Lipinski definition) is 3. The second-order valence-corrected chi connectivity index (χ2v) is 6.64. The molecule has 116 valence electrons. The van der Waals surface area contributed by atoms with Gasteiger partial charge in [-0.1, -0.05) is 24.3 Å². The molecular formula is C18H28N2O. The molecule has 1 aromatic rings. The van der Waals surface area contributed by atoms with Crippen LogP contribution in [-0.2, 0) is 17.7 Å². The fraction of sp³-hybridized carbons (Fsp3) is 0.667. The molecule has 3 heteroatoms. The Labute approximate surface area is 128 Å². The molecule has 0 spiro atoms. The van der Waals surface area contributed by atoms with E-state index in [9.17, 15) is 0 Å². The Morgan fingerprint density at radius 3 is 2.62 bits per heavy atom. The minimum atomic E-state index is 0.725. The summed E-state index contributed by atoms with van der Waals surface area (Å²) in [6.07, 6.45) is 5.17. The van der Waals surface area contributed by atoms with E-state index in [1.165, 1.54) is 43.5 Å². The molecule has 1 aliphatic heterocycles. The maximum absolute atomic E-state index is 5.27. The Bertz CT molecular complexity index is 427. The van der Waals surface area contributed by atoms with E-state index in [0.29, 0.717) is 0 Å². The van der Waals surface area contributed by atoms with Gasteiger partial charge in [0, 0.05) is 26.2 Å². The van der Waals surface area contributed by atoms with Crippen LogP contribution < -0.4 is 5.32 Å². The van der Waals surface area contributed by atoms with Gasteiger partial charge in [-0.15, -0.1) is 0 Å². The van der Waals surface area contributed by atoms with Crippen molar-refractivity contribution < 1.29 is 4.74 Å². The van der Waals surface area contributed by atoms with Crippen molar-refractivity contribution in [2.75, 3.05) is 33.4 Å². The average Bonchev–Trinajstić information content (AvgIpc) is 3.21.